The van der Waals surface area contributed by atoms with Crippen molar-refractivity contribution in [1.82, 2.24) is 19.8 Å². The van der Waals surface area contributed by atoms with Crippen LogP contribution in [0.2, 0.25) is 0 Å². The molecule has 1 saturated heterocycles. The maximum Gasteiger partial charge on any atom is 0.237 e. The van der Waals surface area contributed by atoms with Crippen molar-refractivity contribution in [2.75, 3.05) is 19.6 Å². The molecule has 29 heavy (non-hydrogen) atoms. The second-order valence-corrected chi connectivity index (χ2v) is 8.09. The van der Waals surface area contributed by atoms with E-state index >= 15 is 0 Å². The van der Waals surface area contributed by atoms with Crippen LogP contribution >= 0.6 is 11.3 Å². The highest BCUT2D eigenvalue weighted by molar-refractivity contribution is 7.09. The Morgan fingerprint density at radius 2 is 1.86 bits per heavy atom. The van der Waals surface area contributed by atoms with Gasteiger partial charge in [0.05, 0.1) is 31.5 Å². The minimum absolute atomic E-state index is 0.0906. The number of benzene rings is 1. The van der Waals surface area contributed by atoms with Crippen LogP contribution in [0.25, 0.3) is 0 Å². The van der Waals surface area contributed by atoms with Crippen LogP contribution in [0.1, 0.15) is 16.3 Å². The van der Waals surface area contributed by atoms with E-state index in [0.717, 1.165) is 16.3 Å². The number of hydrogen-bond acceptors (Lipinski definition) is 6. The average molecular weight is 409 g/mol. The van der Waals surface area contributed by atoms with Crippen LogP contribution in [0, 0.1) is 0 Å². The minimum atomic E-state index is -0.0906. The average Bonchev–Trinajstić information content (AvgIpc) is 3.20. The van der Waals surface area contributed by atoms with Crippen molar-refractivity contribution < 1.29 is 9.53 Å². The Morgan fingerprint density at radius 1 is 1.00 bits per heavy atom. The number of amides is 1. The van der Waals surface area contributed by atoms with Gasteiger partial charge in [0.25, 0.3) is 0 Å². The van der Waals surface area contributed by atoms with Crippen molar-refractivity contribution in [2.24, 2.45) is 0 Å². The Hall–Kier alpha value is -2.61. The van der Waals surface area contributed by atoms with Gasteiger partial charge in [0.2, 0.25) is 5.91 Å². The normalized spacial score (nSPS) is 18.0. The van der Waals surface area contributed by atoms with Crippen molar-refractivity contribution >= 4 is 17.2 Å². The molecule has 3 aromatic rings. The summed E-state index contributed by atoms with van der Waals surface area (Å²) in [4.78, 5) is 25.7. The summed E-state index contributed by atoms with van der Waals surface area (Å²) in [7, 11) is 0. The molecule has 6 nitrogen and oxygen atoms in total. The van der Waals surface area contributed by atoms with Crippen LogP contribution in [-0.4, -0.2) is 51.4 Å². The number of carbonyl (C=O) groups is 1. The lowest BCUT2D eigenvalue weighted by Gasteiger charge is -2.24. The third-order valence-electron chi connectivity index (χ3n) is 4.85. The van der Waals surface area contributed by atoms with Crippen LogP contribution in [0.5, 0.6) is 0 Å². The molecule has 1 aliphatic heterocycles. The van der Waals surface area contributed by atoms with Crippen molar-refractivity contribution in [3.63, 3.8) is 0 Å². The summed E-state index contributed by atoms with van der Waals surface area (Å²) in [5.41, 5.74) is 2.02. The van der Waals surface area contributed by atoms with E-state index in [-0.39, 0.29) is 12.0 Å². The lowest BCUT2D eigenvalue weighted by Crippen LogP contribution is -2.37. The highest BCUT2D eigenvalue weighted by Crippen LogP contribution is 2.16. The highest BCUT2D eigenvalue weighted by atomic mass is 32.1. The molecule has 0 spiro atoms. The third kappa shape index (κ3) is 5.69. The molecule has 7 heteroatoms. The van der Waals surface area contributed by atoms with Crippen molar-refractivity contribution in [3.05, 3.63) is 82.6 Å². The summed E-state index contributed by atoms with van der Waals surface area (Å²) in [6, 6.07) is 15.9. The maximum absolute atomic E-state index is 13.0. The molecule has 3 heterocycles. The molecule has 1 atom stereocenters. The molecule has 0 radical (unpaired) electrons. The van der Waals surface area contributed by atoms with E-state index in [1.807, 2.05) is 46.7 Å². The molecule has 0 N–H and O–H groups in total. The van der Waals surface area contributed by atoms with Gasteiger partial charge in [0, 0.05) is 37.4 Å². The van der Waals surface area contributed by atoms with Gasteiger partial charge in [-0.1, -0.05) is 36.4 Å². The summed E-state index contributed by atoms with van der Waals surface area (Å²) in [6.45, 7) is 3.30. The van der Waals surface area contributed by atoms with Crippen LogP contribution in [0.3, 0.4) is 0 Å². The van der Waals surface area contributed by atoms with E-state index in [0.29, 0.717) is 39.3 Å². The monoisotopic (exact) mass is 408 g/mol. The highest BCUT2D eigenvalue weighted by Gasteiger charge is 2.29. The lowest BCUT2D eigenvalue weighted by atomic mass is 10.2. The second kappa shape index (κ2) is 9.73. The van der Waals surface area contributed by atoms with Gasteiger partial charge >= 0.3 is 0 Å². The van der Waals surface area contributed by atoms with Gasteiger partial charge < -0.3 is 9.64 Å². The summed E-state index contributed by atoms with van der Waals surface area (Å²) < 4.78 is 6.20. The summed E-state index contributed by atoms with van der Waals surface area (Å²) in [6.07, 6.45) is 3.48. The Balaban J connectivity index is 1.47. The Morgan fingerprint density at radius 3 is 2.62 bits per heavy atom. The van der Waals surface area contributed by atoms with Crippen LogP contribution in [0.15, 0.2) is 66.3 Å². The van der Waals surface area contributed by atoms with E-state index in [1.54, 1.807) is 23.7 Å². The summed E-state index contributed by atoms with van der Waals surface area (Å²) >= 11 is 1.61. The van der Waals surface area contributed by atoms with Gasteiger partial charge in [-0.2, -0.15) is 0 Å². The first-order chi connectivity index (χ1) is 14.3. The molecule has 0 bridgehead atoms. The first-order valence-corrected chi connectivity index (χ1v) is 10.6. The van der Waals surface area contributed by atoms with Crippen molar-refractivity contribution in [3.8, 4) is 0 Å². The smallest absolute Gasteiger partial charge is 0.237 e. The number of hydrogen-bond donors (Lipinski definition) is 0. The number of ether oxygens (including phenoxy) is 1. The van der Waals surface area contributed by atoms with Crippen LogP contribution < -0.4 is 0 Å². The molecular weight excluding hydrogens is 384 g/mol. The first kappa shape index (κ1) is 19.7. The number of pyridine rings is 1. The lowest BCUT2D eigenvalue weighted by molar-refractivity contribution is -0.132. The van der Waals surface area contributed by atoms with E-state index in [1.165, 1.54) is 0 Å². The third-order valence-corrected chi connectivity index (χ3v) is 5.61. The number of rotatable bonds is 7. The molecule has 0 unspecified atom stereocenters. The van der Waals surface area contributed by atoms with Gasteiger partial charge in [0.1, 0.15) is 5.01 Å². The summed E-state index contributed by atoms with van der Waals surface area (Å²) in [5, 5.41) is 2.98. The predicted octanol–water partition coefficient (Wildman–Crippen LogP) is 2.97. The molecule has 1 fully saturated rings. The van der Waals surface area contributed by atoms with Gasteiger partial charge in [-0.15, -0.1) is 11.3 Å². The Kier molecular flexibility index (Phi) is 6.61. The SMILES string of the molecule is O=C1CN(Cc2nccs2)C[C@H](OCc2ccccn2)CN1Cc1ccccc1. The predicted molar refractivity (Wildman–Crippen MR) is 112 cm³/mol. The minimum Gasteiger partial charge on any atom is -0.369 e. The largest absolute Gasteiger partial charge is 0.369 e. The molecule has 1 aromatic carbocycles. The van der Waals surface area contributed by atoms with E-state index in [2.05, 4.69) is 27.0 Å². The molecular formula is C22H24N4O2S. The Labute approximate surface area is 174 Å². The fourth-order valence-corrected chi connectivity index (χ4v) is 4.10. The molecule has 150 valence electrons. The van der Waals surface area contributed by atoms with Gasteiger partial charge in [-0.05, 0) is 17.7 Å². The molecule has 0 saturated carbocycles. The standard InChI is InChI=1S/C22H24N4O2S/c27-22-16-25(15-21-24-10-11-29-21)13-20(28-17-19-8-4-5-9-23-19)14-26(22)12-18-6-2-1-3-7-18/h1-11,20H,12-17H2/t20-/m0/s1. The topological polar surface area (TPSA) is 58.6 Å². The quantitative estimate of drug-likeness (QED) is 0.602. The number of thiazole rings is 1. The first-order valence-electron chi connectivity index (χ1n) is 9.70. The fourth-order valence-electron chi connectivity index (χ4n) is 3.44. The zero-order valence-corrected chi connectivity index (χ0v) is 17.0. The van der Waals surface area contributed by atoms with Gasteiger partial charge in [-0.3, -0.25) is 14.7 Å². The number of carbonyl (C=O) groups excluding carboxylic acids is 1. The molecule has 2 aromatic heterocycles. The number of aromatic nitrogens is 2. The fraction of sp³-hybridized carbons (Fsp3) is 0.318. The number of nitrogens with zero attached hydrogens (tertiary/aromatic N) is 4. The van der Waals surface area contributed by atoms with Crippen LogP contribution in [0.4, 0.5) is 0 Å². The molecule has 1 amide bonds. The van der Waals surface area contributed by atoms with Gasteiger partial charge in [-0.25, -0.2) is 4.98 Å². The van der Waals surface area contributed by atoms with Crippen molar-refractivity contribution in [1.29, 1.82) is 0 Å². The zero-order chi connectivity index (χ0) is 19.9. The van der Waals surface area contributed by atoms with E-state index in [9.17, 15) is 4.79 Å². The van der Waals surface area contributed by atoms with Crippen molar-refractivity contribution in [2.45, 2.75) is 25.8 Å². The van der Waals surface area contributed by atoms with E-state index < -0.39 is 0 Å². The zero-order valence-electron chi connectivity index (χ0n) is 16.2. The van der Waals surface area contributed by atoms with Gasteiger partial charge in [0.15, 0.2) is 0 Å². The molecule has 4 rings (SSSR count). The maximum atomic E-state index is 13.0. The van der Waals surface area contributed by atoms with Crippen LogP contribution in [-0.2, 0) is 29.2 Å². The molecule has 1 aliphatic rings. The second-order valence-electron chi connectivity index (χ2n) is 7.11. The molecule has 0 aliphatic carbocycles. The Bertz CT molecular complexity index is 890. The van der Waals surface area contributed by atoms with E-state index in [4.69, 9.17) is 4.74 Å². The summed E-state index contributed by atoms with van der Waals surface area (Å²) in [5.74, 6) is 0.120.